The number of nitrogens with zero attached hydrogens (tertiary/aromatic N) is 3. The smallest absolute Gasteiger partial charge is 0.326 e. The highest BCUT2D eigenvalue weighted by Gasteiger charge is 2.46. The summed E-state index contributed by atoms with van der Waals surface area (Å²) in [5.41, 5.74) is 0. The lowest BCUT2D eigenvalue weighted by Gasteiger charge is -2.34. The molecule has 7 atom stereocenters. The van der Waals surface area contributed by atoms with E-state index in [-0.39, 0.29) is 6.54 Å². The van der Waals surface area contributed by atoms with E-state index in [1.54, 1.807) is 0 Å². The monoisotopic (exact) mass is 708 g/mol. The number of amides is 7. The Labute approximate surface area is 288 Å². The van der Waals surface area contributed by atoms with E-state index >= 15 is 0 Å². The van der Waals surface area contributed by atoms with E-state index in [1.165, 1.54) is 21.6 Å². The van der Waals surface area contributed by atoms with Crippen LogP contribution in [0.3, 0.4) is 0 Å². The van der Waals surface area contributed by atoms with E-state index in [9.17, 15) is 53.7 Å². The Balaban J connectivity index is 1.26. The number of carboxylic acids is 1. The number of rotatable bonds is 14. The molecule has 4 saturated heterocycles. The van der Waals surface area contributed by atoms with Crippen molar-refractivity contribution in [2.24, 2.45) is 0 Å². The summed E-state index contributed by atoms with van der Waals surface area (Å²) in [5.74, 6) is -5.54. The molecule has 19 heteroatoms. The Bertz CT molecular complexity index is 1330. The summed E-state index contributed by atoms with van der Waals surface area (Å²) in [6.45, 7) is 0.678. The topological polar surface area (TPSA) is 267 Å². The fraction of sp³-hybridized carbons (Fsp3) is 0.742. The predicted octanol–water partition coefficient (Wildman–Crippen LogP) is -4.63. The Morgan fingerprint density at radius 1 is 0.700 bits per heavy atom. The van der Waals surface area contributed by atoms with Gasteiger partial charge in [-0.05, 0) is 64.8 Å². The largest absolute Gasteiger partial charge is 0.480 e. The van der Waals surface area contributed by atoms with Crippen LogP contribution in [0.15, 0.2) is 0 Å². The Morgan fingerprint density at radius 2 is 1.24 bits per heavy atom. The van der Waals surface area contributed by atoms with Gasteiger partial charge < -0.3 is 56.6 Å². The molecule has 278 valence electrons. The zero-order chi connectivity index (χ0) is 36.5. The molecule has 19 nitrogen and oxygen atoms in total. The molecule has 0 bridgehead atoms. The van der Waals surface area contributed by atoms with Gasteiger partial charge in [-0.25, -0.2) is 4.79 Å². The second-order valence-corrected chi connectivity index (χ2v) is 13.1. The van der Waals surface area contributed by atoms with Crippen LogP contribution in [-0.4, -0.2) is 166 Å². The summed E-state index contributed by atoms with van der Waals surface area (Å²) in [6, 6.07) is -7.10. The number of carbonyl (C=O) groups excluding carboxylic acids is 7. The first-order valence-electron chi connectivity index (χ1n) is 17.1. The molecule has 0 spiro atoms. The Kier molecular flexibility index (Phi) is 13.5. The maximum absolute atomic E-state index is 13.7. The maximum atomic E-state index is 13.7. The zero-order valence-corrected chi connectivity index (χ0v) is 28.1. The molecular weight excluding hydrogens is 660 g/mol. The second kappa shape index (κ2) is 17.5. The summed E-state index contributed by atoms with van der Waals surface area (Å²) < 4.78 is 0. The van der Waals surface area contributed by atoms with Crippen LogP contribution in [0.1, 0.15) is 58.3 Å². The third-order valence-corrected chi connectivity index (χ3v) is 9.64. The van der Waals surface area contributed by atoms with Gasteiger partial charge in [0.2, 0.25) is 41.4 Å². The van der Waals surface area contributed by atoms with Gasteiger partial charge in [0, 0.05) is 19.6 Å². The molecule has 0 aliphatic carbocycles. The molecule has 0 radical (unpaired) electrons. The van der Waals surface area contributed by atoms with E-state index in [1.807, 2.05) is 0 Å². The van der Waals surface area contributed by atoms with E-state index in [2.05, 4.69) is 26.6 Å². The summed E-state index contributed by atoms with van der Waals surface area (Å²) >= 11 is 0. The van der Waals surface area contributed by atoms with Crippen molar-refractivity contribution in [3.8, 4) is 0 Å². The molecule has 0 aromatic heterocycles. The first-order valence-corrected chi connectivity index (χ1v) is 17.1. The molecule has 0 aromatic rings. The Hall–Kier alpha value is -4.36. The van der Waals surface area contributed by atoms with Gasteiger partial charge in [-0.1, -0.05) is 0 Å². The summed E-state index contributed by atoms with van der Waals surface area (Å²) in [4.78, 5) is 106. The van der Waals surface area contributed by atoms with E-state index in [0.29, 0.717) is 64.6 Å². The lowest BCUT2D eigenvalue weighted by molar-refractivity contribution is -0.153. The van der Waals surface area contributed by atoms with Crippen LogP contribution in [-0.2, 0) is 38.4 Å². The van der Waals surface area contributed by atoms with Gasteiger partial charge in [0.25, 0.3) is 0 Å². The number of hydrogen-bond donors (Lipinski definition) is 8. The van der Waals surface area contributed by atoms with Crippen molar-refractivity contribution >= 4 is 47.3 Å². The van der Waals surface area contributed by atoms with Crippen molar-refractivity contribution in [3.05, 3.63) is 0 Å². The maximum Gasteiger partial charge on any atom is 0.326 e. The number of aliphatic carboxylic acids is 1. The van der Waals surface area contributed by atoms with Crippen molar-refractivity contribution in [1.82, 2.24) is 41.3 Å². The van der Waals surface area contributed by atoms with Crippen LogP contribution in [0.5, 0.6) is 0 Å². The van der Waals surface area contributed by atoms with Crippen molar-refractivity contribution in [1.29, 1.82) is 0 Å². The molecule has 4 rings (SSSR count). The van der Waals surface area contributed by atoms with Gasteiger partial charge in [0.05, 0.1) is 25.8 Å². The molecule has 0 saturated carbocycles. The lowest BCUT2D eigenvalue weighted by Crippen LogP contribution is -2.58. The molecule has 0 unspecified atom stereocenters. The van der Waals surface area contributed by atoms with Gasteiger partial charge in [-0.2, -0.15) is 0 Å². The molecule has 4 aliphatic heterocycles. The summed E-state index contributed by atoms with van der Waals surface area (Å²) in [6.07, 6.45) is 4.08. The van der Waals surface area contributed by atoms with Gasteiger partial charge in [0.15, 0.2) is 0 Å². The lowest BCUT2D eigenvalue weighted by atomic mass is 10.1. The minimum Gasteiger partial charge on any atom is -0.480 e. The fourth-order valence-corrected chi connectivity index (χ4v) is 6.98. The quantitative estimate of drug-likeness (QED) is 0.0847. The normalized spacial score (nSPS) is 25.1. The number of carboxylic acid groups (broad SMARTS) is 1. The summed E-state index contributed by atoms with van der Waals surface area (Å²) in [7, 11) is 0. The summed E-state index contributed by atoms with van der Waals surface area (Å²) in [5, 5.41) is 41.1. The highest BCUT2D eigenvalue weighted by Crippen LogP contribution is 2.28. The van der Waals surface area contributed by atoms with Crippen molar-refractivity contribution in [3.63, 3.8) is 0 Å². The number of likely N-dealkylation sites (tertiary alicyclic amines) is 3. The van der Waals surface area contributed by atoms with Crippen LogP contribution in [0.4, 0.5) is 0 Å². The van der Waals surface area contributed by atoms with Crippen molar-refractivity contribution < 1.29 is 53.7 Å². The van der Waals surface area contributed by atoms with Crippen LogP contribution in [0.2, 0.25) is 0 Å². The molecule has 8 N–H and O–H groups in total. The average Bonchev–Trinajstić information content (AvgIpc) is 3.93. The van der Waals surface area contributed by atoms with Gasteiger partial charge in [0.1, 0.15) is 36.3 Å². The molecule has 4 aliphatic rings. The van der Waals surface area contributed by atoms with E-state index in [0.717, 1.165) is 6.42 Å². The third-order valence-electron chi connectivity index (χ3n) is 9.64. The number of aliphatic hydroxyl groups excluding tert-OH is 2. The standard InChI is InChI=1S/C31H48N8O11/c1-17(34-24(42)14-33-25(43)19(15-40)35-27(45)20(16-41)36-26(44)18-6-2-10-32-18)28(46)37-11-3-7-21(37)29(47)38-12-4-8-22(38)30(48)39-13-5-9-23(39)31(49)50/h17-23,32,40-41H,2-16H2,1H3,(H,33,43)(H,34,42)(H,35,45)(H,36,44)(H,49,50)/t17-,18-,19-,20-,21-,22-,23-/m0/s1. The van der Waals surface area contributed by atoms with Crippen LogP contribution in [0, 0.1) is 0 Å². The van der Waals surface area contributed by atoms with Crippen molar-refractivity contribution in [2.75, 3.05) is 45.9 Å². The van der Waals surface area contributed by atoms with Crippen LogP contribution in [0.25, 0.3) is 0 Å². The second-order valence-electron chi connectivity index (χ2n) is 13.1. The first-order chi connectivity index (χ1) is 23.9. The third kappa shape index (κ3) is 9.05. The van der Waals surface area contributed by atoms with E-state index < -0.39 is 109 Å². The van der Waals surface area contributed by atoms with Gasteiger partial charge in [-0.3, -0.25) is 33.6 Å². The molecule has 0 aromatic carbocycles. The van der Waals surface area contributed by atoms with Crippen LogP contribution < -0.4 is 26.6 Å². The SMILES string of the molecule is C[C@H](NC(=O)CNC(=O)[C@H](CO)NC(=O)[C@H](CO)NC(=O)[C@@H]1CCCN1)C(=O)N1CCC[C@H]1C(=O)N1CCC[C@H]1C(=O)N1CCC[C@H]1C(=O)O. The zero-order valence-electron chi connectivity index (χ0n) is 28.1. The fourth-order valence-electron chi connectivity index (χ4n) is 6.98. The van der Waals surface area contributed by atoms with Crippen LogP contribution >= 0.6 is 0 Å². The van der Waals surface area contributed by atoms with Crippen molar-refractivity contribution in [2.45, 2.75) is 101 Å². The minimum atomic E-state index is -1.51. The molecule has 7 amide bonds. The first kappa shape index (κ1) is 38.4. The molecule has 50 heavy (non-hydrogen) atoms. The number of aliphatic hydroxyl groups is 2. The average molecular weight is 709 g/mol. The highest BCUT2D eigenvalue weighted by atomic mass is 16.4. The molecule has 4 fully saturated rings. The van der Waals surface area contributed by atoms with Gasteiger partial charge >= 0.3 is 5.97 Å². The highest BCUT2D eigenvalue weighted by molar-refractivity contribution is 5.97. The van der Waals surface area contributed by atoms with Gasteiger partial charge in [-0.15, -0.1) is 0 Å². The predicted molar refractivity (Wildman–Crippen MR) is 172 cm³/mol. The number of nitrogens with one attached hydrogen (secondary N) is 5. The van der Waals surface area contributed by atoms with E-state index in [4.69, 9.17) is 0 Å². The molecule has 4 heterocycles. The number of hydrogen-bond acceptors (Lipinski definition) is 11. The number of carbonyl (C=O) groups is 8. The Morgan fingerprint density at radius 3 is 1.80 bits per heavy atom. The molecular formula is C31H48N8O11. The minimum absolute atomic E-state index is 0.246.